The number of rotatable bonds is 6. The smallest absolute Gasteiger partial charge is 0.182 e. The van der Waals surface area contributed by atoms with Crippen molar-refractivity contribution >= 4 is 40.6 Å². The molecule has 0 N–H and O–H groups in total. The Hall–Kier alpha value is -3.37. The lowest BCUT2D eigenvalue weighted by Gasteiger charge is -2.07. The zero-order chi connectivity index (χ0) is 20.2. The summed E-state index contributed by atoms with van der Waals surface area (Å²) in [7, 11) is 1.64. The van der Waals surface area contributed by atoms with Crippen molar-refractivity contribution in [2.45, 2.75) is 6.54 Å². The fourth-order valence-electron chi connectivity index (χ4n) is 3.14. The molecule has 0 saturated carbocycles. The second-order valence-corrected chi connectivity index (χ2v) is 7.02. The molecular weight excluding hydrogens is 384 g/mol. The number of halogens is 1. The van der Waals surface area contributed by atoms with Gasteiger partial charge in [0.05, 0.1) is 24.7 Å². The third-order valence-corrected chi connectivity index (χ3v) is 4.94. The van der Waals surface area contributed by atoms with Gasteiger partial charge in [0.15, 0.2) is 5.78 Å². The van der Waals surface area contributed by atoms with Gasteiger partial charge < -0.3 is 9.30 Å². The molecule has 29 heavy (non-hydrogen) atoms. The molecule has 0 fully saturated rings. The Balaban J connectivity index is 1.67. The number of methoxy groups -OCH3 is 1. The minimum absolute atomic E-state index is 0.00363. The number of fused-ring (bicyclic) bond motifs is 1. The Bertz CT molecular complexity index is 1180. The van der Waals surface area contributed by atoms with Crippen LogP contribution in [0.4, 0.5) is 0 Å². The first-order valence-corrected chi connectivity index (χ1v) is 9.58. The van der Waals surface area contributed by atoms with E-state index in [9.17, 15) is 4.79 Å². The van der Waals surface area contributed by atoms with E-state index in [1.54, 1.807) is 31.4 Å². The summed E-state index contributed by atoms with van der Waals surface area (Å²) in [5.74, 6) is 1.54. The van der Waals surface area contributed by atoms with E-state index in [4.69, 9.17) is 21.3 Å². The number of hydrogen-bond donors (Lipinski definition) is 0. The van der Waals surface area contributed by atoms with Gasteiger partial charge in [-0.05, 0) is 60.2 Å². The highest BCUT2D eigenvalue weighted by Gasteiger charge is 2.13. The molecule has 3 aromatic carbocycles. The average Bonchev–Trinajstić information content (AvgIpc) is 3.10. The van der Waals surface area contributed by atoms with E-state index in [2.05, 4.69) is 0 Å². The lowest BCUT2D eigenvalue weighted by molar-refractivity contribution is 0.0973. The summed E-state index contributed by atoms with van der Waals surface area (Å²) in [6.45, 7) is 0.199. The van der Waals surface area contributed by atoms with Gasteiger partial charge in [-0.15, -0.1) is 0 Å². The third kappa shape index (κ3) is 4.23. The molecule has 0 spiro atoms. The van der Waals surface area contributed by atoms with Crippen LogP contribution in [0.15, 0.2) is 72.8 Å². The summed E-state index contributed by atoms with van der Waals surface area (Å²) >= 11 is 5.94. The zero-order valence-corrected chi connectivity index (χ0v) is 16.6. The van der Waals surface area contributed by atoms with Gasteiger partial charge in [-0.1, -0.05) is 41.9 Å². The molecule has 0 aliphatic carbocycles. The lowest BCUT2D eigenvalue weighted by Crippen LogP contribution is -2.11. The molecule has 0 radical (unpaired) electrons. The van der Waals surface area contributed by atoms with Crippen LogP contribution in [-0.2, 0) is 6.54 Å². The number of Topliss-reactive ketones (excluding diaryl/α,β-unsaturated/α-hetero) is 1. The highest BCUT2D eigenvalue weighted by Crippen LogP contribution is 2.20. The van der Waals surface area contributed by atoms with Gasteiger partial charge in [0.1, 0.15) is 11.6 Å². The Morgan fingerprint density at radius 3 is 2.45 bits per heavy atom. The molecule has 0 bridgehead atoms. The van der Waals surface area contributed by atoms with E-state index in [-0.39, 0.29) is 12.3 Å². The molecule has 144 valence electrons. The molecule has 0 atom stereocenters. The summed E-state index contributed by atoms with van der Waals surface area (Å²) in [4.78, 5) is 17.5. The summed E-state index contributed by atoms with van der Waals surface area (Å²) in [6.07, 6.45) is 3.90. The number of para-hydroxylation sites is 2. The van der Waals surface area contributed by atoms with Gasteiger partial charge in [-0.3, -0.25) is 4.79 Å². The van der Waals surface area contributed by atoms with Gasteiger partial charge in [0.25, 0.3) is 0 Å². The van der Waals surface area contributed by atoms with E-state index in [0.29, 0.717) is 10.6 Å². The molecule has 4 nitrogen and oxygen atoms in total. The number of ketones is 1. The number of ether oxygens (including phenoxy) is 1. The van der Waals surface area contributed by atoms with Crippen LogP contribution in [0.1, 0.15) is 21.7 Å². The third-order valence-electron chi connectivity index (χ3n) is 4.69. The molecule has 0 aliphatic rings. The first-order chi connectivity index (χ1) is 14.1. The molecule has 4 rings (SSSR count). The normalized spacial score (nSPS) is 11.2. The topological polar surface area (TPSA) is 44.1 Å². The molecule has 0 amide bonds. The predicted molar refractivity (Wildman–Crippen MR) is 117 cm³/mol. The molecule has 0 unspecified atom stereocenters. The van der Waals surface area contributed by atoms with Gasteiger partial charge in [-0.2, -0.15) is 0 Å². The number of nitrogens with zero attached hydrogens (tertiary/aromatic N) is 2. The monoisotopic (exact) mass is 402 g/mol. The van der Waals surface area contributed by atoms with Crippen LogP contribution < -0.4 is 4.74 Å². The molecule has 0 aliphatic heterocycles. The number of benzene rings is 3. The van der Waals surface area contributed by atoms with Gasteiger partial charge >= 0.3 is 0 Å². The fourth-order valence-corrected chi connectivity index (χ4v) is 3.27. The number of hydrogen-bond acceptors (Lipinski definition) is 3. The highest BCUT2D eigenvalue weighted by molar-refractivity contribution is 6.30. The molecule has 0 saturated heterocycles. The minimum atomic E-state index is 0.00363. The second kappa shape index (κ2) is 8.33. The average molecular weight is 403 g/mol. The molecular formula is C24H19ClN2O2. The van der Waals surface area contributed by atoms with Gasteiger partial charge in [0, 0.05) is 10.6 Å². The van der Waals surface area contributed by atoms with Gasteiger partial charge in [-0.25, -0.2) is 4.98 Å². The first-order valence-electron chi connectivity index (χ1n) is 9.20. The number of carbonyl (C=O) groups excluding carboxylic acids is 1. The van der Waals surface area contributed by atoms with E-state index >= 15 is 0 Å². The zero-order valence-electron chi connectivity index (χ0n) is 15.9. The second-order valence-electron chi connectivity index (χ2n) is 6.58. The van der Waals surface area contributed by atoms with Crippen LogP contribution in [0.2, 0.25) is 5.02 Å². The lowest BCUT2D eigenvalue weighted by atomic mass is 10.1. The van der Waals surface area contributed by atoms with Gasteiger partial charge in [0.2, 0.25) is 0 Å². The number of aromatic nitrogens is 2. The first kappa shape index (κ1) is 19.0. The summed E-state index contributed by atoms with van der Waals surface area (Å²) in [5, 5.41) is 0.609. The van der Waals surface area contributed by atoms with Crippen LogP contribution in [-0.4, -0.2) is 22.4 Å². The number of imidazole rings is 1. The van der Waals surface area contributed by atoms with Crippen molar-refractivity contribution in [3.05, 3.63) is 94.8 Å². The van der Waals surface area contributed by atoms with Crippen molar-refractivity contribution < 1.29 is 9.53 Å². The van der Waals surface area contributed by atoms with E-state index in [1.165, 1.54) is 0 Å². The Morgan fingerprint density at radius 1 is 1.00 bits per heavy atom. The van der Waals surface area contributed by atoms with Crippen molar-refractivity contribution in [1.29, 1.82) is 0 Å². The highest BCUT2D eigenvalue weighted by atomic mass is 35.5. The molecule has 4 aromatic rings. The largest absolute Gasteiger partial charge is 0.497 e. The molecule has 5 heteroatoms. The maximum atomic E-state index is 12.8. The maximum absolute atomic E-state index is 12.8. The molecule has 1 heterocycles. The predicted octanol–water partition coefficient (Wildman–Crippen LogP) is 5.75. The quantitative estimate of drug-likeness (QED) is 0.385. The summed E-state index contributed by atoms with van der Waals surface area (Å²) in [6, 6.07) is 22.5. The van der Waals surface area contributed by atoms with Crippen molar-refractivity contribution in [2.24, 2.45) is 0 Å². The van der Waals surface area contributed by atoms with Crippen molar-refractivity contribution in [3.8, 4) is 5.75 Å². The van der Waals surface area contributed by atoms with Crippen molar-refractivity contribution in [3.63, 3.8) is 0 Å². The van der Waals surface area contributed by atoms with Crippen LogP contribution in [0.25, 0.3) is 23.2 Å². The molecule has 1 aromatic heterocycles. The van der Waals surface area contributed by atoms with E-state index in [0.717, 1.165) is 28.2 Å². The van der Waals surface area contributed by atoms with Crippen LogP contribution in [0.3, 0.4) is 0 Å². The van der Waals surface area contributed by atoms with Crippen molar-refractivity contribution in [2.75, 3.05) is 7.11 Å². The SMILES string of the molecule is COc1ccc(/C=C/c2nc3ccccc3n2CC(=O)c2ccc(Cl)cc2)cc1. The van der Waals surface area contributed by atoms with E-state index in [1.807, 2.05) is 65.3 Å². The maximum Gasteiger partial charge on any atom is 0.182 e. The van der Waals surface area contributed by atoms with Crippen molar-refractivity contribution in [1.82, 2.24) is 9.55 Å². The van der Waals surface area contributed by atoms with Crippen LogP contribution in [0.5, 0.6) is 5.75 Å². The summed E-state index contributed by atoms with van der Waals surface area (Å²) < 4.78 is 7.13. The summed E-state index contributed by atoms with van der Waals surface area (Å²) in [5.41, 5.74) is 3.42. The Labute approximate surface area is 174 Å². The van der Waals surface area contributed by atoms with Crippen LogP contribution >= 0.6 is 11.6 Å². The standard InChI is InChI=1S/C24H19ClN2O2/c1-29-20-13-6-17(7-14-20)8-15-24-26-21-4-2-3-5-22(21)27(24)16-23(28)18-9-11-19(25)12-10-18/h2-15H,16H2,1H3/b15-8+. The fraction of sp³-hybridized carbons (Fsp3) is 0.0833. The van der Waals surface area contributed by atoms with E-state index < -0.39 is 0 Å². The minimum Gasteiger partial charge on any atom is -0.497 e. The van der Waals surface area contributed by atoms with Crippen LogP contribution in [0, 0.1) is 0 Å². The Kier molecular flexibility index (Phi) is 5.45. The number of carbonyl (C=O) groups is 1. The Morgan fingerprint density at radius 2 is 1.72 bits per heavy atom.